The van der Waals surface area contributed by atoms with E-state index in [1.807, 2.05) is 30.3 Å². The molecule has 0 aliphatic heterocycles. The molecule has 1 aromatic rings. The fourth-order valence-corrected chi connectivity index (χ4v) is 1.66. The summed E-state index contributed by atoms with van der Waals surface area (Å²) < 4.78 is 1.12. The minimum absolute atomic E-state index is 0.112. The van der Waals surface area contributed by atoms with Gasteiger partial charge >= 0.3 is 0 Å². The molecular formula is C11H14INO. The predicted octanol–water partition coefficient (Wildman–Crippen LogP) is 3.23. The fourth-order valence-electron chi connectivity index (χ4n) is 1.13. The van der Waals surface area contributed by atoms with Crippen LogP contribution in [0.15, 0.2) is 30.3 Å². The predicted molar refractivity (Wildman–Crippen MR) is 67.8 cm³/mol. The van der Waals surface area contributed by atoms with Crippen molar-refractivity contribution in [3.63, 3.8) is 0 Å². The summed E-state index contributed by atoms with van der Waals surface area (Å²) in [5, 5.41) is 2.86. The van der Waals surface area contributed by atoms with Crippen LogP contribution in [-0.2, 0) is 4.79 Å². The molecule has 0 atom stereocenters. The number of para-hydroxylation sites is 1. The molecule has 0 unspecified atom stereocenters. The van der Waals surface area contributed by atoms with Crippen LogP contribution in [0.1, 0.15) is 19.3 Å². The summed E-state index contributed by atoms with van der Waals surface area (Å²) in [6, 6.07) is 9.57. The first kappa shape index (κ1) is 11.5. The standard InChI is InChI=1S/C11H14INO/c12-9-5-4-8-11(14)13-10-6-2-1-3-7-10/h1-3,6-7H,4-5,8-9H2,(H,13,14). The Balaban J connectivity index is 2.27. The molecule has 1 rings (SSSR count). The SMILES string of the molecule is O=C(CCCCI)Nc1ccccc1. The second-order valence-electron chi connectivity index (χ2n) is 3.06. The van der Waals surface area contributed by atoms with E-state index >= 15 is 0 Å². The Morgan fingerprint density at radius 1 is 1.21 bits per heavy atom. The normalized spacial score (nSPS) is 9.79. The number of alkyl halides is 1. The monoisotopic (exact) mass is 303 g/mol. The molecular weight excluding hydrogens is 289 g/mol. The van der Waals surface area contributed by atoms with Crippen LogP contribution < -0.4 is 5.32 Å². The third-order valence-electron chi connectivity index (χ3n) is 1.85. The molecule has 14 heavy (non-hydrogen) atoms. The third-order valence-corrected chi connectivity index (χ3v) is 2.61. The lowest BCUT2D eigenvalue weighted by Crippen LogP contribution is -2.10. The maximum atomic E-state index is 11.4. The van der Waals surface area contributed by atoms with Crippen molar-refractivity contribution < 1.29 is 4.79 Å². The fraction of sp³-hybridized carbons (Fsp3) is 0.364. The molecule has 0 fully saturated rings. The van der Waals surface area contributed by atoms with Crippen LogP contribution in [0.5, 0.6) is 0 Å². The lowest BCUT2D eigenvalue weighted by Gasteiger charge is -2.03. The molecule has 76 valence electrons. The highest BCUT2D eigenvalue weighted by molar-refractivity contribution is 14.1. The number of benzene rings is 1. The minimum atomic E-state index is 0.112. The highest BCUT2D eigenvalue weighted by atomic mass is 127. The quantitative estimate of drug-likeness (QED) is 0.505. The van der Waals surface area contributed by atoms with Crippen molar-refractivity contribution in [3.8, 4) is 0 Å². The number of anilines is 1. The van der Waals surface area contributed by atoms with Crippen LogP contribution in [0, 0.1) is 0 Å². The van der Waals surface area contributed by atoms with E-state index in [0.29, 0.717) is 6.42 Å². The van der Waals surface area contributed by atoms with Crippen molar-refractivity contribution in [2.24, 2.45) is 0 Å². The number of hydrogen-bond donors (Lipinski definition) is 1. The van der Waals surface area contributed by atoms with E-state index in [1.165, 1.54) is 0 Å². The number of rotatable bonds is 5. The van der Waals surface area contributed by atoms with Gasteiger partial charge in [-0.3, -0.25) is 4.79 Å². The van der Waals surface area contributed by atoms with Gasteiger partial charge in [-0.25, -0.2) is 0 Å². The molecule has 0 radical (unpaired) electrons. The first-order valence-electron chi connectivity index (χ1n) is 4.74. The summed E-state index contributed by atoms with van der Waals surface area (Å²) in [6.45, 7) is 0. The summed E-state index contributed by atoms with van der Waals surface area (Å²) in [5.41, 5.74) is 0.881. The van der Waals surface area contributed by atoms with Crippen molar-refractivity contribution in [1.82, 2.24) is 0 Å². The van der Waals surface area contributed by atoms with Crippen molar-refractivity contribution >= 4 is 34.2 Å². The van der Waals surface area contributed by atoms with E-state index in [4.69, 9.17) is 0 Å². The van der Waals surface area contributed by atoms with Crippen LogP contribution in [0.25, 0.3) is 0 Å². The lowest BCUT2D eigenvalue weighted by atomic mass is 10.2. The van der Waals surface area contributed by atoms with Crippen LogP contribution in [0.4, 0.5) is 5.69 Å². The van der Waals surface area contributed by atoms with Crippen LogP contribution in [0.2, 0.25) is 0 Å². The van der Waals surface area contributed by atoms with Gasteiger partial charge in [0.05, 0.1) is 0 Å². The van der Waals surface area contributed by atoms with E-state index in [2.05, 4.69) is 27.9 Å². The summed E-state index contributed by atoms with van der Waals surface area (Å²) in [4.78, 5) is 11.4. The first-order chi connectivity index (χ1) is 6.83. The molecule has 0 heterocycles. The molecule has 1 N–H and O–H groups in total. The van der Waals surface area contributed by atoms with E-state index in [9.17, 15) is 4.79 Å². The van der Waals surface area contributed by atoms with Crippen molar-refractivity contribution in [2.45, 2.75) is 19.3 Å². The summed E-state index contributed by atoms with van der Waals surface area (Å²) in [6.07, 6.45) is 2.71. The number of halogens is 1. The Morgan fingerprint density at radius 3 is 2.57 bits per heavy atom. The highest BCUT2D eigenvalue weighted by Gasteiger charge is 2.00. The molecule has 2 nitrogen and oxygen atoms in total. The Bertz CT molecular complexity index is 274. The minimum Gasteiger partial charge on any atom is -0.326 e. The summed E-state index contributed by atoms with van der Waals surface area (Å²) in [7, 11) is 0. The molecule has 0 aliphatic rings. The van der Waals surface area contributed by atoms with Gasteiger partial charge in [0.1, 0.15) is 0 Å². The molecule has 0 aliphatic carbocycles. The highest BCUT2D eigenvalue weighted by Crippen LogP contribution is 2.07. The molecule has 0 spiro atoms. The van der Waals surface area contributed by atoms with Crippen molar-refractivity contribution in [3.05, 3.63) is 30.3 Å². The van der Waals surface area contributed by atoms with Crippen molar-refractivity contribution in [1.29, 1.82) is 0 Å². The van der Waals surface area contributed by atoms with Gasteiger partial charge in [-0.1, -0.05) is 40.8 Å². The van der Waals surface area contributed by atoms with Gasteiger partial charge in [0.25, 0.3) is 0 Å². The number of amides is 1. The van der Waals surface area contributed by atoms with Gasteiger partial charge in [0.2, 0.25) is 5.91 Å². The lowest BCUT2D eigenvalue weighted by molar-refractivity contribution is -0.116. The number of nitrogens with one attached hydrogen (secondary N) is 1. The average molecular weight is 303 g/mol. The number of carbonyl (C=O) groups excluding carboxylic acids is 1. The topological polar surface area (TPSA) is 29.1 Å². The van der Waals surface area contributed by atoms with Gasteiger partial charge in [0.15, 0.2) is 0 Å². The summed E-state index contributed by atoms with van der Waals surface area (Å²) in [5.74, 6) is 0.112. The van der Waals surface area contributed by atoms with E-state index in [0.717, 1.165) is 23.0 Å². The van der Waals surface area contributed by atoms with Crippen LogP contribution in [-0.4, -0.2) is 10.3 Å². The second-order valence-corrected chi connectivity index (χ2v) is 4.14. The Morgan fingerprint density at radius 2 is 1.93 bits per heavy atom. The molecule has 0 bridgehead atoms. The molecule has 0 saturated heterocycles. The maximum absolute atomic E-state index is 11.4. The smallest absolute Gasteiger partial charge is 0.224 e. The molecule has 1 aromatic carbocycles. The van der Waals surface area contributed by atoms with E-state index in [1.54, 1.807) is 0 Å². The maximum Gasteiger partial charge on any atom is 0.224 e. The zero-order valence-corrected chi connectivity index (χ0v) is 10.2. The average Bonchev–Trinajstić information content (AvgIpc) is 2.20. The zero-order chi connectivity index (χ0) is 10.2. The Labute approximate surface area is 98.2 Å². The Hall–Kier alpha value is -0.580. The van der Waals surface area contributed by atoms with Gasteiger partial charge in [-0.05, 0) is 29.4 Å². The van der Waals surface area contributed by atoms with Crippen LogP contribution >= 0.6 is 22.6 Å². The molecule has 0 aromatic heterocycles. The molecule has 1 amide bonds. The zero-order valence-electron chi connectivity index (χ0n) is 8.00. The number of hydrogen-bond acceptors (Lipinski definition) is 1. The Kier molecular flexibility index (Phi) is 5.59. The van der Waals surface area contributed by atoms with Gasteiger partial charge < -0.3 is 5.32 Å². The second kappa shape index (κ2) is 6.81. The summed E-state index contributed by atoms with van der Waals surface area (Å²) >= 11 is 2.33. The van der Waals surface area contributed by atoms with E-state index < -0.39 is 0 Å². The third kappa shape index (κ3) is 4.60. The number of carbonyl (C=O) groups is 1. The van der Waals surface area contributed by atoms with Gasteiger partial charge in [0, 0.05) is 12.1 Å². The molecule has 3 heteroatoms. The van der Waals surface area contributed by atoms with Crippen molar-refractivity contribution in [2.75, 3.05) is 9.74 Å². The first-order valence-corrected chi connectivity index (χ1v) is 6.26. The van der Waals surface area contributed by atoms with Crippen LogP contribution in [0.3, 0.4) is 0 Å². The van der Waals surface area contributed by atoms with Gasteiger partial charge in [-0.15, -0.1) is 0 Å². The molecule has 0 saturated carbocycles. The largest absolute Gasteiger partial charge is 0.326 e. The number of unbranched alkanes of at least 4 members (excludes halogenated alkanes) is 1. The van der Waals surface area contributed by atoms with Gasteiger partial charge in [-0.2, -0.15) is 0 Å². The van der Waals surface area contributed by atoms with E-state index in [-0.39, 0.29) is 5.91 Å².